The maximum atomic E-state index is 14.5. The van der Waals surface area contributed by atoms with Crippen molar-refractivity contribution >= 4 is 35.6 Å². The van der Waals surface area contributed by atoms with E-state index in [-0.39, 0.29) is 44.0 Å². The quantitative estimate of drug-likeness (QED) is 0.147. The molecule has 0 radical (unpaired) electrons. The van der Waals surface area contributed by atoms with Gasteiger partial charge < -0.3 is 24.4 Å². The first-order valence-electron chi connectivity index (χ1n) is 15.6. The molecule has 1 aliphatic rings. The molecule has 0 saturated carbocycles. The Balaban J connectivity index is 1.63. The van der Waals surface area contributed by atoms with Gasteiger partial charge in [-0.05, 0) is 63.4 Å². The molecule has 3 atom stereocenters. The summed E-state index contributed by atoms with van der Waals surface area (Å²) < 4.78 is 58.0. The summed E-state index contributed by atoms with van der Waals surface area (Å²) in [5, 5.41) is 1.98. The number of hydrazine groups is 1. The molecule has 0 aliphatic carbocycles. The zero-order valence-electron chi connectivity index (χ0n) is 27.9. The average molecular weight is 697 g/mol. The molecular formula is C33H43F3N4O7S. The van der Waals surface area contributed by atoms with Crippen LogP contribution in [0.2, 0.25) is 0 Å². The highest BCUT2D eigenvalue weighted by Gasteiger charge is 2.36. The van der Waals surface area contributed by atoms with Crippen molar-refractivity contribution in [2.75, 3.05) is 18.9 Å². The first kappa shape index (κ1) is 38.5. The molecule has 1 aliphatic heterocycles. The Hall–Kier alpha value is -3.98. The number of nitrogens with zero attached hydrogens (tertiary/aromatic N) is 1. The van der Waals surface area contributed by atoms with Crippen molar-refractivity contribution in [3.05, 3.63) is 65.0 Å². The van der Waals surface area contributed by atoms with E-state index < -0.39 is 64.4 Å². The molecule has 3 rings (SSSR count). The fourth-order valence-electron chi connectivity index (χ4n) is 4.68. The van der Waals surface area contributed by atoms with Crippen molar-refractivity contribution < 1.29 is 46.6 Å². The van der Waals surface area contributed by atoms with Crippen LogP contribution < -0.4 is 20.9 Å². The molecular weight excluding hydrogens is 653 g/mol. The predicted octanol–water partition coefficient (Wildman–Crippen LogP) is 4.62. The minimum atomic E-state index is -1.36. The van der Waals surface area contributed by atoms with Crippen LogP contribution in [0.25, 0.3) is 0 Å². The third kappa shape index (κ3) is 11.6. The third-order valence-corrected chi connectivity index (χ3v) is 8.17. The molecule has 15 heteroatoms. The maximum Gasteiger partial charge on any atom is 0.422 e. The molecule has 1 saturated heterocycles. The summed E-state index contributed by atoms with van der Waals surface area (Å²) in [6.07, 6.45) is -2.24. The lowest BCUT2D eigenvalue weighted by Crippen LogP contribution is -2.50. The average Bonchev–Trinajstić information content (AvgIpc) is 3.50. The number of hydrogen-bond acceptors (Lipinski definition) is 9. The van der Waals surface area contributed by atoms with Crippen LogP contribution in [0, 0.1) is 23.4 Å². The van der Waals surface area contributed by atoms with Crippen LogP contribution in [0.5, 0.6) is 5.75 Å². The highest BCUT2D eigenvalue weighted by molar-refractivity contribution is 8.00. The normalized spacial score (nSPS) is 15.9. The summed E-state index contributed by atoms with van der Waals surface area (Å²) in [6.45, 7) is 11.0. The molecule has 0 bridgehead atoms. The minimum Gasteiger partial charge on any atom is -0.478 e. The molecule has 11 nitrogen and oxygen atoms in total. The standard InChI is InChI=1S/C33H43F3N4O7S/c1-7-45-31(43)28(19(2)3)46-23-10-8-20(9-11-23)18-37-29(42)30-40(12-13-48-30)27(41)16-22(38-39-32(44)47-33(4,5)6)14-21-15-25(35)26(36)17-24(21)34/h8-11,15,17,19,22,28,30,38H,7,12-14,16,18H2,1-6H3,(H,37,42)(H,39,44)/t22-,28+,30-/m1/s1. The van der Waals surface area contributed by atoms with Crippen LogP contribution >= 0.6 is 11.8 Å². The molecule has 1 heterocycles. The summed E-state index contributed by atoms with van der Waals surface area (Å²) in [4.78, 5) is 52.5. The number of esters is 1. The number of nitrogens with one attached hydrogen (secondary N) is 3. The number of amides is 3. The van der Waals surface area contributed by atoms with E-state index in [4.69, 9.17) is 14.2 Å². The van der Waals surface area contributed by atoms with Crippen molar-refractivity contribution in [1.82, 2.24) is 21.1 Å². The van der Waals surface area contributed by atoms with E-state index in [1.807, 2.05) is 13.8 Å². The van der Waals surface area contributed by atoms with Crippen molar-refractivity contribution in [1.29, 1.82) is 0 Å². The number of thioether (sulfide) groups is 1. The van der Waals surface area contributed by atoms with Crippen LogP contribution in [-0.4, -0.2) is 70.8 Å². The van der Waals surface area contributed by atoms with Gasteiger partial charge in [0.2, 0.25) is 5.91 Å². The largest absolute Gasteiger partial charge is 0.478 e. The molecule has 48 heavy (non-hydrogen) atoms. The lowest BCUT2D eigenvalue weighted by Gasteiger charge is -2.27. The molecule has 2 aromatic carbocycles. The van der Waals surface area contributed by atoms with E-state index in [0.29, 0.717) is 23.6 Å². The number of carbonyl (C=O) groups is 4. The second kappa shape index (κ2) is 17.4. The van der Waals surface area contributed by atoms with Gasteiger partial charge in [-0.15, -0.1) is 11.8 Å². The SMILES string of the molecule is CCOC(=O)[C@@H](Oc1ccc(CNC(=O)[C@H]2SCCN2C(=O)C[C@@H](Cc2cc(F)c(F)cc2F)NNC(=O)OC(C)(C)C)cc1)C(C)C. The molecule has 264 valence electrons. The molecule has 0 spiro atoms. The molecule has 0 aromatic heterocycles. The molecule has 2 aromatic rings. The van der Waals surface area contributed by atoms with Crippen molar-refractivity contribution in [3.63, 3.8) is 0 Å². The Bertz CT molecular complexity index is 1440. The zero-order valence-corrected chi connectivity index (χ0v) is 28.7. The first-order valence-corrected chi connectivity index (χ1v) is 16.6. The number of benzene rings is 2. The second-order valence-corrected chi connectivity index (χ2v) is 13.6. The Kier molecular flexibility index (Phi) is 14.0. The van der Waals surface area contributed by atoms with Crippen molar-refractivity contribution in [2.24, 2.45) is 5.92 Å². The van der Waals surface area contributed by atoms with E-state index in [1.165, 1.54) is 16.7 Å². The van der Waals surface area contributed by atoms with E-state index in [1.54, 1.807) is 52.0 Å². The maximum absolute atomic E-state index is 14.5. The molecule has 3 amide bonds. The van der Waals surface area contributed by atoms with Gasteiger partial charge in [-0.1, -0.05) is 26.0 Å². The van der Waals surface area contributed by atoms with E-state index >= 15 is 0 Å². The fraction of sp³-hybridized carbons (Fsp3) is 0.515. The van der Waals surface area contributed by atoms with Gasteiger partial charge in [0, 0.05) is 43.3 Å². The Morgan fingerprint density at radius 1 is 1.02 bits per heavy atom. The van der Waals surface area contributed by atoms with E-state index in [0.717, 1.165) is 5.56 Å². The van der Waals surface area contributed by atoms with Gasteiger partial charge in [-0.3, -0.25) is 15.0 Å². The number of halogens is 3. The fourth-order valence-corrected chi connectivity index (χ4v) is 5.85. The van der Waals surface area contributed by atoms with Crippen molar-refractivity contribution in [2.45, 2.75) is 84.0 Å². The van der Waals surface area contributed by atoms with E-state index in [2.05, 4.69) is 16.2 Å². The van der Waals surface area contributed by atoms with Gasteiger partial charge in [0.25, 0.3) is 5.91 Å². The van der Waals surface area contributed by atoms with Gasteiger partial charge in [0.05, 0.1) is 6.61 Å². The Morgan fingerprint density at radius 3 is 2.31 bits per heavy atom. The highest BCUT2D eigenvalue weighted by Crippen LogP contribution is 2.26. The van der Waals surface area contributed by atoms with Crippen molar-refractivity contribution in [3.8, 4) is 5.75 Å². The van der Waals surface area contributed by atoms with Gasteiger partial charge >= 0.3 is 12.1 Å². The third-order valence-electron chi connectivity index (χ3n) is 6.97. The number of rotatable bonds is 14. The summed E-state index contributed by atoms with van der Waals surface area (Å²) in [7, 11) is 0. The Labute approximate surface area is 282 Å². The minimum absolute atomic E-state index is 0.114. The summed E-state index contributed by atoms with van der Waals surface area (Å²) in [6, 6.07) is 6.99. The van der Waals surface area contributed by atoms with Crippen LogP contribution in [-0.2, 0) is 36.8 Å². The lowest BCUT2D eigenvalue weighted by molar-refractivity contribution is -0.153. The van der Waals surface area contributed by atoms with Crippen LogP contribution in [0.15, 0.2) is 36.4 Å². The van der Waals surface area contributed by atoms with Crippen LogP contribution in [0.1, 0.15) is 59.1 Å². The lowest BCUT2D eigenvalue weighted by atomic mass is 10.0. The summed E-state index contributed by atoms with van der Waals surface area (Å²) >= 11 is 1.27. The van der Waals surface area contributed by atoms with Crippen LogP contribution in [0.3, 0.4) is 0 Å². The Morgan fingerprint density at radius 2 is 1.69 bits per heavy atom. The summed E-state index contributed by atoms with van der Waals surface area (Å²) in [5.74, 6) is -4.13. The van der Waals surface area contributed by atoms with E-state index in [9.17, 15) is 32.3 Å². The van der Waals surface area contributed by atoms with Gasteiger partial charge in [-0.2, -0.15) is 0 Å². The molecule has 0 unspecified atom stereocenters. The van der Waals surface area contributed by atoms with Gasteiger partial charge in [-0.25, -0.2) is 28.2 Å². The van der Waals surface area contributed by atoms with Gasteiger partial charge in [0.1, 0.15) is 17.2 Å². The van der Waals surface area contributed by atoms with Crippen LogP contribution in [0.4, 0.5) is 18.0 Å². The second-order valence-electron chi connectivity index (χ2n) is 12.4. The number of carbonyl (C=O) groups excluding carboxylic acids is 4. The van der Waals surface area contributed by atoms with Gasteiger partial charge in [0.15, 0.2) is 23.1 Å². The monoisotopic (exact) mass is 696 g/mol. The molecule has 3 N–H and O–H groups in total. The highest BCUT2D eigenvalue weighted by atomic mass is 32.2. The predicted molar refractivity (Wildman–Crippen MR) is 173 cm³/mol. The zero-order chi connectivity index (χ0) is 35.6. The first-order chi connectivity index (χ1) is 22.6. The smallest absolute Gasteiger partial charge is 0.422 e. The summed E-state index contributed by atoms with van der Waals surface area (Å²) in [5.41, 5.74) is 4.66. The number of ether oxygens (including phenoxy) is 3. The topological polar surface area (TPSA) is 135 Å². The number of hydrogen-bond donors (Lipinski definition) is 3. The molecule has 1 fully saturated rings.